The number of rotatable bonds is 5. The number of carbonyl (C=O) groups excluding carboxylic acids is 2. The van der Waals surface area contributed by atoms with Crippen LogP contribution < -0.4 is 5.73 Å². The van der Waals surface area contributed by atoms with Crippen LogP contribution in [0.15, 0.2) is 30.3 Å². The summed E-state index contributed by atoms with van der Waals surface area (Å²) in [6.07, 6.45) is 0.335. The zero-order chi connectivity index (χ0) is 11.1. The van der Waals surface area contributed by atoms with Crippen LogP contribution in [0.3, 0.4) is 0 Å². The predicted molar refractivity (Wildman–Crippen MR) is 51.4 cm³/mol. The zero-order valence-electron chi connectivity index (χ0n) is 7.96. The first kappa shape index (κ1) is 11.2. The molecule has 15 heavy (non-hydrogen) atoms. The van der Waals surface area contributed by atoms with Gasteiger partial charge in [0, 0.05) is 0 Å². The van der Waals surface area contributed by atoms with Crippen molar-refractivity contribution in [2.45, 2.75) is 12.5 Å². The van der Waals surface area contributed by atoms with Gasteiger partial charge in [-0.2, -0.15) is 0 Å². The third-order valence-corrected chi connectivity index (χ3v) is 1.77. The summed E-state index contributed by atoms with van der Waals surface area (Å²) in [6, 6.07) is 8.39. The van der Waals surface area contributed by atoms with Crippen LogP contribution in [0, 0.1) is 0 Å². The Morgan fingerprint density at radius 2 is 2.07 bits per heavy atom. The molecule has 0 amide bonds. The Balaban J connectivity index is 2.45. The van der Waals surface area contributed by atoms with E-state index in [0.717, 1.165) is 5.56 Å². The lowest BCUT2D eigenvalue weighted by Crippen LogP contribution is -2.34. The molecule has 1 rings (SSSR count). The van der Waals surface area contributed by atoms with Crippen LogP contribution in [0.1, 0.15) is 5.56 Å². The molecule has 0 saturated carbocycles. The minimum absolute atomic E-state index is 0.0210. The third-order valence-electron chi connectivity index (χ3n) is 1.77. The van der Waals surface area contributed by atoms with Gasteiger partial charge >= 0.3 is 12.4 Å². The van der Waals surface area contributed by atoms with Crippen LogP contribution in [-0.4, -0.2) is 18.5 Å². The minimum atomic E-state index is -0.840. The highest BCUT2D eigenvalue weighted by molar-refractivity contribution is 5.75. The van der Waals surface area contributed by atoms with E-state index >= 15 is 0 Å². The van der Waals surface area contributed by atoms with E-state index in [0.29, 0.717) is 6.42 Å². The van der Waals surface area contributed by atoms with Gasteiger partial charge in [-0.15, -0.1) is 0 Å². The van der Waals surface area contributed by atoms with Crippen molar-refractivity contribution < 1.29 is 19.4 Å². The van der Waals surface area contributed by atoms with Crippen LogP contribution in [-0.2, 0) is 25.8 Å². The molecule has 1 aromatic rings. The van der Waals surface area contributed by atoms with Crippen molar-refractivity contribution >= 4 is 12.4 Å². The van der Waals surface area contributed by atoms with Gasteiger partial charge in [-0.05, 0) is 12.0 Å². The van der Waals surface area contributed by atoms with Crippen molar-refractivity contribution in [3.8, 4) is 0 Å². The summed E-state index contributed by atoms with van der Waals surface area (Å²) in [7, 11) is 0. The second-order valence-electron chi connectivity index (χ2n) is 2.89. The molecule has 0 aliphatic heterocycles. The minimum Gasteiger partial charge on any atom is -0.318 e. The maximum absolute atomic E-state index is 11.1. The van der Waals surface area contributed by atoms with Crippen molar-refractivity contribution in [3.05, 3.63) is 35.9 Å². The summed E-state index contributed by atoms with van der Waals surface area (Å²) >= 11 is 0. The lowest BCUT2D eigenvalue weighted by molar-refractivity contribution is -0.249. The van der Waals surface area contributed by atoms with Crippen LogP contribution in [0.5, 0.6) is 0 Å². The predicted octanol–water partition coefficient (Wildman–Crippen LogP) is 0.188. The Morgan fingerprint density at radius 1 is 1.40 bits per heavy atom. The fourth-order valence-electron chi connectivity index (χ4n) is 1.08. The van der Waals surface area contributed by atoms with E-state index in [9.17, 15) is 9.59 Å². The number of nitrogens with two attached hydrogens (primary N) is 1. The second-order valence-corrected chi connectivity index (χ2v) is 2.89. The van der Waals surface area contributed by atoms with Crippen molar-refractivity contribution in [3.63, 3.8) is 0 Å². The summed E-state index contributed by atoms with van der Waals surface area (Å²) in [5, 5.41) is 0. The molecule has 0 spiro atoms. The Kier molecular flexibility index (Phi) is 4.30. The molecule has 0 heterocycles. The summed E-state index contributed by atoms with van der Waals surface area (Å²) in [6.45, 7) is 0.0210. The number of hydrogen-bond donors (Lipinski definition) is 1. The molecule has 1 unspecified atom stereocenters. The Hall–Kier alpha value is -1.88. The van der Waals surface area contributed by atoms with Gasteiger partial charge in [0.15, 0.2) is 0 Å². The maximum atomic E-state index is 11.1. The van der Waals surface area contributed by atoms with E-state index in [4.69, 9.17) is 5.73 Å². The first-order valence-corrected chi connectivity index (χ1v) is 4.34. The van der Waals surface area contributed by atoms with E-state index in [-0.39, 0.29) is 6.47 Å². The van der Waals surface area contributed by atoms with Gasteiger partial charge in [0.25, 0.3) is 0 Å². The average Bonchev–Trinajstić information content (AvgIpc) is 2.27. The van der Waals surface area contributed by atoms with E-state index in [1.165, 1.54) is 0 Å². The number of hydrogen-bond acceptors (Lipinski definition) is 5. The summed E-state index contributed by atoms with van der Waals surface area (Å²) < 4.78 is 0. The fraction of sp³-hybridized carbons (Fsp3) is 0.200. The van der Waals surface area contributed by atoms with Gasteiger partial charge in [0.2, 0.25) is 0 Å². The molecule has 0 aromatic heterocycles. The Labute approximate surface area is 86.7 Å². The van der Waals surface area contributed by atoms with Gasteiger partial charge in [0.1, 0.15) is 6.04 Å². The summed E-state index contributed by atoms with van der Waals surface area (Å²) in [5.74, 6) is -0.772. The molecule has 5 heteroatoms. The van der Waals surface area contributed by atoms with E-state index in [2.05, 4.69) is 9.78 Å². The molecule has 1 atom stereocenters. The topological polar surface area (TPSA) is 78.6 Å². The van der Waals surface area contributed by atoms with Crippen molar-refractivity contribution in [2.75, 3.05) is 0 Å². The van der Waals surface area contributed by atoms with Crippen LogP contribution in [0.25, 0.3) is 0 Å². The quantitative estimate of drug-likeness (QED) is 0.425. The number of benzene rings is 1. The normalized spacial score (nSPS) is 11.5. The highest BCUT2D eigenvalue weighted by Gasteiger charge is 2.16. The molecule has 0 bridgehead atoms. The second kappa shape index (κ2) is 5.77. The van der Waals surface area contributed by atoms with Gasteiger partial charge in [-0.25, -0.2) is 9.68 Å². The molecule has 0 aliphatic carbocycles. The SMILES string of the molecule is NC(Cc1ccccc1)C(=O)OOC=O. The van der Waals surface area contributed by atoms with Crippen LogP contribution >= 0.6 is 0 Å². The molecule has 0 fully saturated rings. The van der Waals surface area contributed by atoms with Gasteiger partial charge in [0.05, 0.1) is 0 Å². The first-order chi connectivity index (χ1) is 7.24. The van der Waals surface area contributed by atoms with Crippen LogP contribution in [0.4, 0.5) is 0 Å². The lowest BCUT2D eigenvalue weighted by Gasteiger charge is -2.08. The molecular weight excluding hydrogens is 198 g/mol. The molecule has 2 N–H and O–H groups in total. The van der Waals surface area contributed by atoms with Gasteiger partial charge in [-0.3, -0.25) is 9.68 Å². The van der Waals surface area contributed by atoms with Crippen molar-refractivity contribution in [2.24, 2.45) is 5.73 Å². The van der Waals surface area contributed by atoms with E-state index in [1.807, 2.05) is 30.3 Å². The third kappa shape index (κ3) is 3.78. The largest absolute Gasteiger partial charge is 0.372 e. The average molecular weight is 209 g/mol. The molecular formula is C10H11NO4. The molecule has 80 valence electrons. The molecule has 1 aromatic carbocycles. The fourth-order valence-corrected chi connectivity index (χ4v) is 1.08. The van der Waals surface area contributed by atoms with Crippen molar-refractivity contribution in [1.29, 1.82) is 0 Å². The lowest BCUT2D eigenvalue weighted by atomic mass is 10.1. The van der Waals surface area contributed by atoms with Crippen molar-refractivity contribution in [1.82, 2.24) is 0 Å². The standard InChI is InChI=1S/C10H11NO4/c11-9(10(13)15-14-7-12)6-8-4-2-1-3-5-8/h1-5,7,9H,6,11H2. The van der Waals surface area contributed by atoms with E-state index < -0.39 is 12.0 Å². The van der Waals surface area contributed by atoms with Gasteiger partial charge in [-0.1, -0.05) is 30.3 Å². The highest BCUT2D eigenvalue weighted by Crippen LogP contribution is 2.02. The summed E-state index contributed by atoms with van der Waals surface area (Å²) in [5.41, 5.74) is 6.43. The molecule has 0 radical (unpaired) electrons. The monoisotopic (exact) mass is 209 g/mol. The zero-order valence-corrected chi connectivity index (χ0v) is 7.96. The van der Waals surface area contributed by atoms with Gasteiger partial charge < -0.3 is 5.73 Å². The smallest absolute Gasteiger partial charge is 0.318 e. The maximum Gasteiger partial charge on any atom is 0.372 e. The summed E-state index contributed by atoms with van der Waals surface area (Å²) in [4.78, 5) is 28.8. The molecule has 0 aliphatic rings. The number of carbonyl (C=O) groups is 2. The Bertz CT molecular complexity index is 325. The highest BCUT2D eigenvalue weighted by atomic mass is 17.2. The van der Waals surface area contributed by atoms with E-state index in [1.54, 1.807) is 0 Å². The first-order valence-electron chi connectivity index (χ1n) is 4.34. The van der Waals surface area contributed by atoms with Crippen LogP contribution in [0.2, 0.25) is 0 Å². The molecule has 5 nitrogen and oxygen atoms in total. The Morgan fingerprint density at radius 3 is 2.67 bits per heavy atom. The molecule has 0 saturated heterocycles.